The number of nitrogens with one attached hydrogen (secondary N) is 1. The van der Waals surface area contributed by atoms with Crippen molar-refractivity contribution in [2.24, 2.45) is 0 Å². The Morgan fingerprint density at radius 2 is 1.94 bits per heavy atom. The molecule has 2 heteroatoms. The molecule has 0 aliphatic carbocycles. The quantitative estimate of drug-likeness (QED) is 0.845. The van der Waals surface area contributed by atoms with Gasteiger partial charge in [-0.1, -0.05) is 29.8 Å². The molecule has 1 aromatic carbocycles. The summed E-state index contributed by atoms with van der Waals surface area (Å²) in [5.74, 6) is 0. The van der Waals surface area contributed by atoms with Gasteiger partial charge in [0.15, 0.2) is 0 Å². The van der Waals surface area contributed by atoms with Crippen LogP contribution in [-0.4, -0.2) is 0 Å². The number of rotatable bonds is 4. The first-order valence-corrected chi connectivity index (χ1v) is 5.57. The van der Waals surface area contributed by atoms with E-state index < -0.39 is 0 Å². The van der Waals surface area contributed by atoms with E-state index in [2.05, 4.69) is 43.4 Å². The Labute approximate surface area is 96.3 Å². The van der Waals surface area contributed by atoms with Crippen molar-refractivity contribution in [2.45, 2.75) is 26.4 Å². The Kier molecular flexibility index (Phi) is 3.42. The second-order valence-electron chi connectivity index (χ2n) is 4.14. The van der Waals surface area contributed by atoms with Crippen LogP contribution in [0.15, 0.2) is 47.3 Å². The SMILES string of the molecule is Cc1ccc(C(C)NCc2ccoc2)cc1. The molecule has 1 aromatic heterocycles. The van der Waals surface area contributed by atoms with Crippen LogP contribution in [-0.2, 0) is 6.54 Å². The zero-order valence-corrected chi connectivity index (χ0v) is 9.73. The topological polar surface area (TPSA) is 25.2 Å². The van der Waals surface area contributed by atoms with Crippen molar-refractivity contribution in [3.05, 3.63) is 59.5 Å². The van der Waals surface area contributed by atoms with Gasteiger partial charge in [0.1, 0.15) is 0 Å². The fraction of sp³-hybridized carbons (Fsp3) is 0.286. The van der Waals surface area contributed by atoms with E-state index in [-0.39, 0.29) is 0 Å². The van der Waals surface area contributed by atoms with E-state index >= 15 is 0 Å². The van der Waals surface area contributed by atoms with Crippen LogP contribution in [0.3, 0.4) is 0 Å². The zero-order valence-electron chi connectivity index (χ0n) is 9.73. The molecule has 1 unspecified atom stereocenters. The predicted molar refractivity (Wildman–Crippen MR) is 65.1 cm³/mol. The highest BCUT2D eigenvalue weighted by Gasteiger charge is 2.04. The fourth-order valence-corrected chi connectivity index (χ4v) is 1.64. The second kappa shape index (κ2) is 4.99. The van der Waals surface area contributed by atoms with E-state index in [1.807, 2.05) is 6.07 Å². The molecule has 0 saturated carbocycles. The maximum absolute atomic E-state index is 5.03. The van der Waals surface area contributed by atoms with Gasteiger partial charge in [0, 0.05) is 18.2 Å². The van der Waals surface area contributed by atoms with Gasteiger partial charge in [-0.15, -0.1) is 0 Å². The van der Waals surface area contributed by atoms with Crippen molar-refractivity contribution >= 4 is 0 Å². The van der Waals surface area contributed by atoms with E-state index in [0.29, 0.717) is 6.04 Å². The predicted octanol–water partition coefficient (Wildman–Crippen LogP) is 3.44. The number of hydrogen-bond donors (Lipinski definition) is 1. The average molecular weight is 215 g/mol. The van der Waals surface area contributed by atoms with Crippen molar-refractivity contribution in [1.82, 2.24) is 5.32 Å². The number of benzene rings is 1. The van der Waals surface area contributed by atoms with Crippen molar-refractivity contribution in [2.75, 3.05) is 0 Å². The molecule has 0 aliphatic heterocycles. The third-order valence-electron chi connectivity index (χ3n) is 2.77. The molecule has 0 amide bonds. The van der Waals surface area contributed by atoms with Crippen LogP contribution in [0, 0.1) is 6.92 Å². The van der Waals surface area contributed by atoms with E-state index in [4.69, 9.17) is 4.42 Å². The first-order valence-electron chi connectivity index (χ1n) is 5.57. The van der Waals surface area contributed by atoms with Crippen molar-refractivity contribution in [3.63, 3.8) is 0 Å². The summed E-state index contributed by atoms with van der Waals surface area (Å²) in [7, 11) is 0. The average Bonchev–Trinajstić information content (AvgIpc) is 2.80. The Hall–Kier alpha value is -1.54. The van der Waals surface area contributed by atoms with E-state index in [0.717, 1.165) is 6.54 Å². The molecule has 1 N–H and O–H groups in total. The molecule has 16 heavy (non-hydrogen) atoms. The van der Waals surface area contributed by atoms with Crippen molar-refractivity contribution in [3.8, 4) is 0 Å². The molecule has 0 spiro atoms. The minimum Gasteiger partial charge on any atom is -0.472 e. The molecular weight excluding hydrogens is 198 g/mol. The standard InChI is InChI=1S/C14H17NO/c1-11-3-5-14(6-4-11)12(2)15-9-13-7-8-16-10-13/h3-8,10,12,15H,9H2,1-2H3. The van der Waals surface area contributed by atoms with Crippen LogP contribution in [0.5, 0.6) is 0 Å². The maximum atomic E-state index is 5.03. The first kappa shape index (κ1) is 11.0. The van der Waals surface area contributed by atoms with E-state index in [1.165, 1.54) is 16.7 Å². The lowest BCUT2D eigenvalue weighted by molar-refractivity contribution is 0.546. The summed E-state index contributed by atoms with van der Waals surface area (Å²) in [4.78, 5) is 0. The highest BCUT2D eigenvalue weighted by atomic mass is 16.3. The molecule has 0 saturated heterocycles. The van der Waals surface area contributed by atoms with Crippen LogP contribution >= 0.6 is 0 Å². The highest BCUT2D eigenvalue weighted by molar-refractivity contribution is 5.23. The lowest BCUT2D eigenvalue weighted by atomic mass is 10.1. The second-order valence-corrected chi connectivity index (χ2v) is 4.14. The summed E-state index contributed by atoms with van der Waals surface area (Å²) in [5, 5.41) is 3.46. The van der Waals surface area contributed by atoms with Crippen LogP contribution < -0.4 is 5.32 Å². The number of aryl methyl sites for hydroxylation is 1. The number of furan rings is 1. The minimum atomic E-state index is 0.357. The van der Waals surface area contributed by atoms with Crippen LogP contribution in [0.4, 0.5) is 0 Å². The molecule has 0 fully saturated rings. The molecule has 0 bridgehead atoms. The summed E-state index contributed by atoms with van der Waals surface area (Å²) >= 11 is 0. The summed E-state index contributed by atoms with van der Waals surface area (Å²) < 4.78 is 5.03. The van der Waals surface area contributed by atoms with Gasteiger partial charge in [0.25, 0.3) is 0 Å². The van der Waals surface area contributed by atoms with Gasteiger partial charge >= 0.3 is 0 Å². The maximum Gasteiger partial charge on any atom is 0.0947 e. The third kappa shape index (κ3) is 2.74. The molecule has 1 atom stereocenters. The summed E-state index contributed by atoms with van der Waals surface area (Å²) in [5.41, 5.74) is 3.79. The smallest absolute Gasteiger partial charge is 0.0947 e. The first-order chi connectivity index (χ1) is 7.75. The Morgan fingerprint density at radius 3 is 2.56 bits per heavy atom. The van der Waals surface area contributed by atoms with Gasteiger partial charge in [0.05, 0.1) is 12.5 Å². The fourth-order valence-electron chi connectivity index (χ4n) is 1.64. The zero-order chi connectivity index (χ0) is 11.4. The van der Waals surface area contributed by atoms with Crippen LogP contribution in [0.25, 0.3) is 0 Å². The Bertz CT molecular complexity index is 417. The summed E-state index contributed by atoms with van der Waals surface area (Å²) in [6, 6.07) is 11.0. The molecule has 2 nitrogen and oxygen atoms in total. The highest BCUT2D eigenvalue weighted by Crippen LogP contribution is 2.13. The minimum absolute atomic E-state index is 0.357. The summed E-state index contributed by atoms with van der Waals surface area (Å²) in [6.45, 7) is 5.11. The molecule has 1 heterocycles. The summed E-state index contributed by atoms with van der Waals surface area (Å²) in [6.07, 6.45) is 3.47. The third-order valence-corrected chi connectivity index (χ3v) is 2.77. The molecule has 2 rings (SSSR count). The van der Waals surface area contributed by atoms with Crippen molar-refractivity contribution < 1.29 is 4.42 Å². The Balaban J connectivity index is 1.93. The van der Waals surface area contributed by atoms with Gasteiger partial charge in [-0.2, -0.15) is 0 Å². The van der Waals surface area contributed by atoms with Gasteiger partial charge in [-0.25, -0.2) is 0 Å². The van der Waals surface area contributed by atoms with Gasteiger partial charge in [-0.05, 0) is 25.5 Å². The molecule has 2 aromatic rings. The number of hydrogen-bond acceptors (Lipinski definition) is 2. The monoisotopic (exact) mass is 215 g/mol. The molecule has 0 aliphatic rings. The van der Waals surface area contributed by atoms with Gasteiger partial charge < -0.3 is 9.73 Å². The lowest BCUT2D eigenvalue weighted by Gasteiger charge is -2.13. The van der Waals surface area contributed by atoms with E-state index in [9.17, 15) is 0 Å². The molecule has 0 radical (unpaired) electrons. The molecule has 84 valence electrons. The van der Waals surface area contributed by atoms with E-state index in [1.54, 1.807) is 12.5 Å². The van der Waals surface area contributed by atoms with Crippen LogP contribution in [0.1, 0.15) is 29.7 Å². The van der Waals surface area contributed by atoms with Crippen LogP contribution in [0.2, 0.25) is 0 Å². The van der Waals surface area contributed by atoms with Crippen molar-refractivity contribution in [1.29, 1.82) is 0 Å². The Morgan fingerprint density at radius 1 is 1.19 bits per heavy atom. The largest absolute Gasteiger partial charge is 0.472 e. The lowest BCUT2D eigenvalue weighted by Crippen LogP contribution is -2.17. The van der Waals surface area contributed by atoms with Gasteiger partial charge in [0.2, 0.25) is 0 Å². The van der Waals surface area contributed by atoms with Gasteiger partial charge in [-0.3, -0.25) is 0 Å². The normalized spacial score (nSPS) is 12.6. The molecular formula is C14H17NO.